The van der Waals surface area contributed by atoms with Crippen molar-refractivity contribution in [2.75, 3.05) is 6.61 Å². The van der Waals surface area contributed by atoms with Gasteiger partial charge in [-0.05, 0) is 54.5 Å². The Hall–Kier alpha value is -2.32. The summed E-state index contributed by atoms with van der Waals surface area (Å²) in [4.78, 5) is 12.7. The number of rotatable bonds is 7. The highest BCUT2D eigenvalue weighted by Crippen LogP contribution is 2.40. The van der Waals surface area contributed by atoms with Crippen molar-refractivity contribution < 1.29 is 9.53 Å². The monoisotopic (exact) mass is 408 g/mol. The molecular formula is C26H29ClO2. The first-order valence-electron chi connectivity index (χ1n) is 10.5. The molecule has 0 amide bonds. The zero-order valence-corrected chi connectivity index (χ0v) is 17.8. The fourth-order valence-corrected chi connectivity index (χ4v) is 4.24. The number of carbonyl (C=O) groups excluding carboxylic acids is 1. The van der Waals surface area contributed by atoms with Crippen LogP contribution in [0.3, 0.4) is 0 Å². The average molecular weight is 409 g/mol. The van der Waals surface area contributed by atoms with E-state index in [2.05, 4.69) is 24.8 Å². The standard InChI is InChI=1S/C26H29ClO2/c1-3-29-26(28)19(2)25(22-12-8-5-9-13-22)24(18-20-10-6-4-7-11-20)21-14-16-23(27)17-15-21/h5,8-9,12-18,20,25H,2-4,6-7,10-11H2,1H3/b24-18+. The molecule has 2 aromatic carbocycles. The Labute approximate surface area is 179 Å². The molecule has 1 aliphatic rings. The molecule has 1 atom stereocenters. The zero-order chi connectivity index (χ0) is 20.6. The molecule has 29 heavy (non-hydrogen) atoms. The third kappa shape index (κ3) is 5.61. The number of allylic oxidation sites excluding steroid dienone is 2. The number of carbonyl (C=O) groups is 1. The molecule has 0 aromatic heterocycles. The van der Waals surface area contributed by atoms with Gasteiger partial charge in [0.15, 0.2) is 0 Å². The minimum Gasteiger partial charge on any atom is -0.463 e. The van der Waals surface area contributed by atoms with Crippen LogP contribution >= 0.6 is 11.6 Å². The Morgan fingerprint density at radius 2 is 1.76 bits per heavy atom. The molecule has 0 heterocycles. The largest absolute Gasteiger partial charge is 0.463 e. The molecule has 1 fully saturated rings. The number of hydrogen-bond donors (Lipinski definition) is 0. The summed E-state index contributed by atoms with van der Waals surface area (Å²) in [6, 6.07) is 18.0. The first-order chi connectivity index (χ1) is 14.1. The van der Waals surface area contributed by atoms with Gasteiger partial charge in [-0.25, -0.2) is 4.79 Å². The Balaban J connectivity index is 2.10. The Morgan fingerprint density at radius 1 is 1.10 bits per heavy atom. The van der Waals surface area contributed by atoms with Crippen molar-refractivity contribution in [2.24, 2.45) is 5.92 Å². The number of hydrogen-bond acceptors (Lipinski definition) is 2. The maximum atomic E-state index is 12.7. The number of esters is 1. The van der Waals surface area contributed by atoms with Crippen LogP contribution in [0.25, 0.3) is 5.57 Å². The van der Waals surface area contributed by atoms with E-state index < -0.39 is 0 Å². The van der Waals surface area contributed by atoms with Crippen LogP contribution in [0.1, 0.15) is 56.1 Å². The second-order valence-corrected chi connectivity index (χ2v) is 8.05. The lowest BCUT2D eigenvalue weighted by Gasteiger charge is -2.26. The quantitative estimate of drug-likeness (QED) is 0.357. The summed E-state index contributed by atoms with van der Waals surface area (Å²) < 4.78 is 5.31. The van der Waals surface area contributed by atoms with E-state index in [0.717, 1.165) is 16.7 Å². The van der Waals surface area contributed by atoms with E-state index in [4.69, 9.17) is 16.3 Å². The van der Waals surface area contributed by atoms with Gasteiger partial charge in [-0.1, -0.05) is 86.0 Å². The molecule has 0 spiro atoms. The Kier molecular flexibility index (Phi) is 7.71. The molecule has 0 bridgehead atoms. The maximum absolute atomic E-state index is 12.7. The summed E-state index contributed by atoms with van der Waals surface area (Å²) in [6.45, 7) is 6.32. The molecule has 1 aliphatic carbocycles. The highest BCUT2D eigenvalue weighted by Gasteiger charge is 2.27. The third-order valence-corrected chi connectivity index (χ3v) is 5.82. The minimum atomic E-state index is -0.343. The van der Waals surface area contributed by atoms with E-state index in [1.54, 1.807) is 0 Å². The molecule has 3 heteroatoms. The maximum Gasteiger partial charge on any atom is 0.334 e. The van der Waals surface area contributed by atoms with E-state index in [1.807, 2.05) is 49.4 Å². The predicted molar refractivity (Wildman–Crippen MR) is 121 cm³/mol. The average Bonchev–Trinajstić information content (AvgIpc) is 2.75. The van der Waals surface area contributed by atoms with Crippen LogP contribution in [0.5, 0.6) is 0 Å². The predicted octanol–water partition coefficient (Wildman–Crippen LogP) is 7.21. The molecule has 1 unspecified atom stereocenters. The fraction of sp³-hybridized carbons (Fsp3) is 0.346. The molecule has 0 aliphatic heterocycles. The Morgan fingerprint density at radius 3 is 2.38 bits per heavy atom. The Bertz CT molecular complexity index is 846. The topological polar surface area (TPSA) is 26.3 Å². The first kappa shape index (κ1) is 21.4. The fourth-order valence-electron chi connectivity index (χ4n) is 4.11. The van der Waals surface area contributed by atoms with Gasteiger partial charge >= 0.3 is 5.97 Å². The van der Waals surface area contributed by atoms with E-state index >= 15 is 0 Å². The van der Waals surface area contributed by atoms with Gasteiger partial charge in [0.2, 0.25) is 0 Å². The van der Waals surface area contributed by atoms with Crippen LogP contribution in [0.4, 0.5) is 0 Å². The summed E-state index contributed by atoms with van der Waals surface area (Å²) in [5, 5.41) is 0.700. The summed E-state index contributed by atoms with van der Waals surface area (Å²) >= 11 is 6.15. The lowest BCUT2D eigenvalue weighted by molar-refractivity contribution is -0.138. The first-order valence-corrected chi connectivity index (χ1v) is 10.9. The van der Waals surface area contributed by atoms with Crippen molar-refractivity contribution in [1.29, 1.82) is 0 Å². The molecule has 2 aromatic rings. The molecule has 0 radical (unpaired) electrons. The van der Waals surface area contributed by atoms with E-state index in [-0.39, 0.29) is 11.9 Å². The second kappa shape index (κ2) is 10.5. The lowest BCUT2D eigenvalue weighted by Crippen LogP contribution is -2.16. The number of halogens is 1. The summed E-state index contributed by atoms with van der Waals surface area (Å²) in [5.41, 5.74) is 3.69. The second-order valence-electron chi connectivity index (χ2n) is 7.62. The van der Waals surface area contributed by atoms with Crippen molar-refractivity contribution in [1.82, 2.24) is 0 Å². The van der Waals surface area contributed by atoms with Crippen LogP contribution < -0.4 is 0 Å². The number of ether oxygens (including phenoxy) is 1. The van der Waals surface area contributed by atoms with Crippen molar-refractivity contribution in [3.8, 4) is 0 Å². The molecular weight excluding hydrogens is 380 g/mol. The lowest BCUT2D eigenvalue weighted by atomic mass is 9.78. The van der Waals surface area contributed by atoms with E-state index in [9.17, 15) is 4.79 Å². The third-order valence-electron chi connectivity index (χ3n) is 5.57. The normalized spacial score (nSPS) is 16.3. The minimum absolute atomic E-state index is 0.252. The highest BCUT2D eigenvalue weighted by atomic mass is 35.5. The zero-order valence-electron chi connectivity index (χ0n) is 17.1. The summed E-state index contributed by atoms with van der Waals surface area (Å²) in [5.74, 6) is -0.0844. The van der Waals surface area contributed by atoms with Gasteiger partial charge in [0.1, 0.15) is 0 Å². The molecule has 3 rings (SSSR count). The van der Waals surface area contributed by atoms with Crippen LogP contribution in [-0.2, 0) is 9.53 Å². The van der Waals surface area contributed by atoms with Crippen LogP contribution in [-0.4, -0.2) is 12.6 Å². The summed E-state index contributed by atoms with van der Waals surface area (Å²) in [6.07, 6.45) is 8.55. The molecule has 1 saturated carbocycles. The molecule has 2 nitrogen and oxygen atoms in total. The highest BCUT2D eigenvalue weighted by molar-refractivity contribution is 6.30. The van der Waals surface area contributed by atoms with Gasteiger partial charge in [0, 0.05) is 16.5 Å². The van der Waals surface area contributed by atoms with Gasteiger partial charge in [0.25, 0.3) is 0 Å². The van der Waals surface area contributed by atoms with Gasteiger partial charge in [0.05, 0.1) is 6.61 Å². The SMILES string of the molecule is C=C(C(=O)OCC)C(/C(=C/C1CCCCC1)c1ccc(Cl)cc1)c1ccccc1. The number of benzene rings is 2. The van der Waals surface area contributed by atoms with Gasteiger partial charge < -0.3 is 4.74 Å². The smallest absolute Gasteiger partial charge is 0.334 e. The van der Waals surface area contributed by atoms with Crippen LogP contribution in [0.2, 0.25) is 5.02 Å². The molecule has 152 valence electrons. The molecule has 0 saturated heterocycles. The van der Waals surface area contributed by atoms with Gasteiger partial charge in [-0.2, -0.15) is 0 Å². The van der Waals surface area contributed by atoms with Gasteiger partial charge in [-0.15, -0.1) is 0 Å². The van der Waals surface area contributed by atoms with Crippen LogP contribution in [0, 0.1) is 5.92 Å². The van der Waals surface area contributed by atoms with E-state index in [1.165, 1.54) is 32.1 Å². The van der Waals surface area contributed by atoms with Crippen molar-refractivity contribution in [3.63, 3.8) is 0 Å². The van der Waals surface area contributed by atoms with Crippen molar-refractivity contribution >= 4 is 23.1 Å². The van der Waals surface area contributed by atoms with E-state index in [0.29, 0.717) is 23.1 Å². The van der Waals surface area contributed by atoms with Gasteiger partial charge in [-0.3, -0.25) is 0 Å². The van der Waals surface area contributed by atoms with Crippen molar-refractivity contribution in [2.45, 2.75) is 44.9 Å². The van der Waals surface area contributed by atoms with Crippen LogP contribution in [0.15, 0.2) is 72.8 Å². The summed E-state index contributed by atoms with van der Waals surface area (Å²) in [7, 11) is 0. The van der Waals surface area contributed by atoms with Crippen molar-refractivity contribution in [3.05, 3.63) is 89.0 Å². The molecule has 0 N–H and O–H groups in total.